The van der Waals surface area contributed by atoms with E-state index in [0.717, 1.165) is 16.7 Å². The van der Waals surface area contributed by atoms with Crippen molar-refractivity contribution in [2.45, 2.75) is 39.3 Å². The van der Waals surface area contributed by atoms with Crippen molar-refractivity contribution < 1.29 is 14.4 Å². The van der Waals surface area contributed by atoms with Crippen molar-refractivity contribution in [1.82, 2.24) is 10.5 Å². The molecule has 1 unspecified atom stereocenters. The minimum Gasteiger partial charge on any atom is -0.491 e. The highest BCUT2D eigenvalue weighted by molar-refractivity contribution is 5.80. The van der Waals surface area contributed by atoms with E-state index < -0.39 is 6.10 Å². The molecule has 5 heteroatoms. The number of hydrogen-bond acceptors (Lipinski definition) is 5. The van der Waals surface area contributed by atoms with Crippen LogP contribution in [0.1, 0.15) is 26.5 Å². The lowest BCUT2D eigenvalue weighted by atomic mass is 10.1. The smallest absolute Gasteiger partial charge is 0.167 e. The molecule has 0 spiro atoms. The first kappa shape index (κ1) is 14.8. The molecule has 110 valence electrons. The molecule has 2 rings (SSSR count). The van der Waals surface area contributed by atoms with Gasteiger partial charge in [-0.2, -0.15) is 0 Å². The molecular formula is C15H22N2O3. The lowest BCUT2D eigenvalue weighted by Crippen LogP contribution is -2.42. The maximum absolute atomic E-state index is 9.88. The van der Waals surface area contributed by atoms with Gasteiger partial charge in [0.05, 0.1) is 5.69 Å². The van der Waals surface area contributed by atoms with Crippen LogP contribution in [0.25, 0.3) is 11.0 Å². The topological polar surface area (TPSA) is 67.5 Å². The molecule has 20 heavy (non-hydrogen) atoms. The van der Waals surface area contributed by atoms with Gasteiger partial charge in [0, 0.05) is 17.5 Å². The van der Waals surface area contributed by atoms with Gasteiger partial charge >= 0.3 is 0 Å². The van der Waals surface area contributed by atoms with E-state index in [2.05, 4.69) is 31.2 Å². The number of ether oxygens (including phenoxy) is 1. The molecule has 2 aromatic rings. The molecule has 0 amide bonds. The van der Waals surface area contributed by atoms with E-state index in [4.69, 9.17) is 9.26 Å². The Hall–Kier alpha value is -1.59. The number of hydrogen-bond donors (Lipinski definition) is 2. The third kappa shape index (κ3) is 3.95. The summed E-state index contributed by atoms with van der Waals surface area (Å²) in [5, 5.41) is 18.0. The van der Waals surface area contributed by atoms with E-state index in [1.54, 1.807) is 0 Å². The van der Waals surface area contributed by atoms with Gasteiger partial charge in [0.2, 0.25) is 0 Å². The zero-order chi connectivity index (χ0) is 14.8. The van der Waals surface area contributed by atoms with Crippen molar-refractivity contribution in [1.29, 1.82) is 0 Å². The van der Waals surface area contributed by atoms with E-state index in [1.807, 2.05) is 25.1 Å². The molecule has 1 aromatic carbocycles. The number of rotatable bonds is 5. The van der Waals surface area contributed by atoms with Crippen LogP contribution in [0.5, 0.6) is 5.75 Å². The van der Waals surface area contributed by atoms with Crippen LogP contribution >= 0.6 is 0 Å². The fourth-order valence-corrected chi connectivity index (χ4v) is 1.80. The summed E-state index contributed by atoms with van der Waals surface area (Å²) in [6, 6.07) is 5.52. The molecule has 1 heterocycles. The second-order valence-corrected chi connectivity index (χ2v) is 6.02. The number of aliphatic hydroxyl groups is 1. The van der Waals surface area contributed by atoms with Crippen LogP contribution in [0.2, 0.25) is 0 Å². The summed E-state index contributed by atoms with van der Waals surface area (Å²) >= 11 is 0. The maximum Gasteiger partial charge on any atom is 0.167 e. The SMILES string of the molecule is Cc1noc2ccc(OCC(O)CNC(C)(C)C)cc12. The van der Waals surface area contributed by atoms with Crippen LogP contribution < -0.4 is 10.1 Å². The number of aromatic nitrogens is 1. The van der Waals surface area contributed by atoms with E-state index in [-0.39, 0.29) is 12.1 Å². The lowest BCUT2D eigenvalue weighted by Gasteiger charge is -2.22. The van der Waals surface area contributed by atoms with Gasteiger partial charge in [0.25, 0.3) is 0 Å². The Morgan fingerprint density at radius 2 is 2.15 bits per heavy atom. The number of benzene rings is 1. The van der Waals surface area contributed by atoms with Crippen LogP contribution in [-0.2, 0) is 0 Å². The predicted octanol–water partition coefficient (Wildman–Crippen LogP) is 2.26. The number of aliphatic hydroxyl groups excluding tert-OH is 1. The Morgan fingerprint density at radius 1 is 1.40 bits per heavy atom. The molecular weight excluding hydrogens is 256 g/mol. The highest BCUT2D eigenvalue weighted by Gasteiger charge is 2.13. The lowest BCUT2D eigenvalue weighted by molar-refractivity contribution is 0.100. The third-order valence-corrected chi connectivity index (χ3v) is 2.93. The minimum absolute atomic E-state index is 0.0144. The molecule has 0 aliphatic rings. The highest BCUT2D eigenvalue weighted by atomic mass is 16.5. The summed E-state index contributed by atoms with van der Waals surface area (Å²) in [4.78, 5) is 0. The van der Waals surface area contributed by atoms with E-state index in [0.29, 0.717) is 12.3 Å². The molecule has 1 atom stereocenters. The quantitative estimate of drug-likeness (QED) is 0.878. The molecule has 0 radical (unpaired) electrons. The number of aryl methyl sites for hydroxylation is 1. The zero-order valence-electron chi connectivity index (χ0n) is 12.4. The van der Waals surface area contributed by atoms with Crippen molar-refractivity contribution in [3.05, 3.63) is 23.9 Å². The van der Waals surface area contributed by atoms with Gasteiger partial charge in [0.1, 0.15) is 18.5 Å². The van der Waals surface area contributed by atoms with Gasteiger partial charge < -0.3 is 19.7 Å². The first-order valence-electron chi connectivity index (χ1n) is 6.77. The number of nitrogens with zero attached hydrogens (tertiary/aromatic N) is 1. The average Bonchev–Trinajstić information content (AvgIpc) is 2.75. The number of fused-ring (bicyclic) bond motifs is 1. The van der Waals surface area contributed by atoms with Gasteiger partial charge in [-0.15, -0.1) is 0 Å². The van der Waals surface area contributed by atoms with Gasteiger partial charge in [-0.05, 0) is 45.9 Å². The highest BCUT2D eigenvalue weighted by Crippen LogP contribution is 2.23. The summed E-state index contributed by atoms with van der Waals surface area (Å²) in [5.41, 5.74) is 1.56. The largest absolute Gasteiger partial charge is 0.491 e. The van der Waals surface area contributed by atoms with Crippen LogP contribution in [0.15, 0.2) is 22.7 Å². The summed E-state index contributed by atoms with van der Waals surface area (Å²) in [7, 11) is 0. The predicted molar refractivity (Wildman–Crippen MR) is 78.0 cm³/mol. The number of β-amino-alcohol motifs (C(OH)–C–C–N with tert-alkyl or cyclic N) is 1. The van der Waals surface area contributed by atoms with E-state index in [9.17, 15) is 5.11 Å². The molecule has 0 aliphatic carbocycles. The maximum atomic E-state index is 9.88. The first-order chi connectivity index (χ1) is 9.35. The first-order valence-corrected chi connectivity index (χ1v) is 6.77. The Kier molecular flexibility index (Phi) is 4.30. The molecule has 0 saturated heterocycles. The van der Waals surface area contributed by atoms with E-state index >= 15 is 0 Å². The second-order valence-electron chi connectivity index (χ2n) is 6.02. The third-order valence-electron chi connectivity index (χ3n) is 2.93. The van der Waals surface area contributed by atoms with Gasteiger partial charge in [-0.25, -0.2) is 0 Å². The normalized spacial score (nSPS) is 13.7. The Labute approximate surface area is 118 Å². The molecule has 0 fully saturated rings. The standard InChI is InChI=1S/C15H22N2O3/c1-10-13-7-12(5-6-14(13)20-17-10)19-9-11(18)8-16-15(2,3)4/h5-7,11,16,18H,8-9H2,1-4H3. The minimum atomic E-state index is -0.548. The van der Waals surface area contributed by atoms with Crippen LogP contribution in [0, 0.1) is 6.92 Å². The van der Waals surface area contributed by atoms with E-state index in [1.165, 1.54) is 0 Å². The van der Waals surface area contributed by atoms with Crippen molar-refractivity contribution in [3.63, 3.8) is 0 Å². The zero-order valence-corrected chi connectivity index (χ0v) is 12.4. The van der Waals surface area contributed by atoms with Crippen molar-refractivity contribution in [2.24, 2.45) is 0 Å². The van der Waals surface area contributed by atoms with Crippen LogP contribution in [0.4, 0.5) is 0 Å². The summed E-state index contributed by atoms with van der Waals surface area (Å²) < 4.78 is 10.7. The average molecular weight is 278 g/mol. The van der Waals surface area contributed by atoms with Crippen LogP contribution in [0.3, 0.4) is 0 Å². The van der Waals surface area contributed by atoms with Crippen LogP contribution in [-0.4, -0.2) is 35.1 Å². The number of nitrogens with one attached hydrogen (secondary N) is 1. The van der Waals surface area contributed by atoms with Gasteiger partial charge in [0.15, 0.2) is 5.58 Å². The molecule has 0 bridgehead atoms. The van der Waals surface area contributed by atoms with Crippen molar-refractivity contribution in [3.8, 4) is 5.75 Å². The Balaban J connectivity index is 1.90. The summed E-state index contributed by atoms with van der Waals surface area (Å²) in [5.74, 6) is 0.707. The van der Waals surface area contributed by atoms with Crippen molar-refractivity contribution in [2.75, 3.05) is 13.2 Å². The summed E-state index contributed by atoms with van der Waals surface area (Å²) in [6.07, 6.45) is -0.548. The summed E-state index contributed by atoms with van der Waals surface area (Å²) in [6.45, 7) is 8.81. The molecule has 1 aromatic heterocycles. The molecule has 5 nitrogen and oxygen atoms in total. The second kappa shape index (κ2) is 5.81. The fraction of sp³-hybridized carbons (Fsp3) is 0.533. The Morgan fingerprint density at radius 3 is 2.85 bits per heavy atom. The van der Waals surface area contributed by atoms with Gasteiger partial charge in [-0.3, -0.25) is 0 Å². The molecule has 2 N–H and O–H groups in total. The molecule has 0 saturated carbocycles. The Bertz CT molecular complexity index is 572. The molecule has 0 aliphatic heterocycles. The fourth-order valence-electron chi connectivity index (χ4n) is 1.80. The van der Waals surface area contributed by atoms with Gasteiger partial charge in [-0.1, -0.05) is 5.16 Å². The van der Waals surface area contributed by atoms with Crippen molar-refractivity contribution >= 4 is 11.0 Å². The monoisotopic (exact) mass is 278 g/mol.